The summed E-state index contributed by atoms with van der Waals surface area (Å²) >= 11 is 0. The van der Waals surface area contributed by atoms with Crippen LogP contribution in [0.5, 0.6) is 0 Å². The molecular formula is C17H22N4O3. The van der Waals surface area contributed by atoms with Crippen LogP contribution in [0.1, 0.15) is 38.9 Å². The Balaban J connectivity index is 1.85. The molecule has 3 heterocycles. The third-order valence-corrected chi connectivity index (χ3v) is 4.03. The van der Waals surface area contributed by atoms with Gasteiger partial charge in [0.15, 0.2) is 5.58 Å². The highest BCUT2D eigenvalue weighted by atomic mass is 16.3. The van der Waals surface area contributed by atoms with Crippen LogP contribution in [0.15, 0.2) is 27.6 Å². The summed E-state index contributed by atoms with van der Waals surface area (Å²) in [6, 6.07) is 3.59. The van der Waals surface area contributed by atoms with Crippen molar-refractivity contribution in [1.82, 2.24) is 19.5 Å². The van der Waals surface area contributed by atoms with Gasteiger partial charge in [-0.25, -0.2) is 4.68 Å². The first-order valence-corrected chi connectivity index (χ1v) is 8.41. The highest BCUT2D eigenvalue weighted by Gasteiger charge is 2.15. The van der Waals surface area contributed by atoms with E-state index in [9.17, 15) is 9.59 Å². The molecule has 1 N–H and O–H groups in total. The van der Waals surface area contributed by atoms with Gasteiger partial charge in [0.1, 0.15) is 11.3 Å². The summed E-state index contributed by atoms with van der Waals surface area (Å²) in [4.78, 5) is 24.3. The standard InChI is InChI=1S/C17H22N4O3/c1-3-8-18-16(22)6-5-9-20-17(23)13-11-14-12(7-10-24-14)21(13)15(4-2)19-20/h7,10-11H,3-6,8-9H2,1-2H3,(H,18,22). The van der Waals surface area contributed by atoms with E-state index in [2.05, 4.69) is 10.4 Å². The van der Waals surface area contributed by atoms with Crippen molar-refractivity contribution in [2.24, 2.45) is 0 Å². The quantitative estimate of drug-likeness (QED) is 0.719. The number of nitrogens with one attached hydrogen (secondary N) is 1. The first-order valence-electron chi connectivity index (χ1n) is 8.41. The lowest BCUT2D eigenvalue weighted by Gasteiger charge is -2.09. The third kappa shape index (κ3) is 2.93. The molecule has 1 amide bonds. The van der Waals surface area contributed by atoms with Gasteiger partial charge in [0.2, 0.25) is 5.91 Å². The molecule has 0 unspecified atom stereocenters. The molecule has 0 bridgehead atoms. The van der Waals surface area contributed by atoms with E-state index in [0.717, 1.165) is 17.8 Å². The minimum Gasteiger partial charge on any atom is -0.463 e. The summed E-state index contributed by atoms with van der Waals surface area (Å²) in [5, 5.41) is 7.31. The Morgan fingerprint density at radius 2 is 2.17 bits per heavy atom. The average molecular weight is 330 g/mol. The molecule has 7 nitrogen and oxygen atoms in total. The van der Waals surface area contributed by atoms with Gasteiger partial charge in [-0.3, -0.25) is 14.0 Å². The summed E-state index contributed by atoms with van der Waals surface area (Å²) in [5.41, 5.74) is 1.94. The number of aryl methyl sites for hydroxylation is 2. The fourth-order valence-corrected chi connectivity index (χ4v) is 2.85. The zero-order valence-electron chi connectivity index (χ0n) is 14.0. The first-order chi connectivity index (χ1) is 11.7. The number of nitrogens with zero attached hydrogens (tertiary/aromatic N) is 3. The number of furan rings is 1. The number of carbonyl (C=O) groups is 1. The fraction of sp³-hybridized carbons (Fsp3) is 0.471. The predicted molar refractivity (Wildman–Crippen MR) is 91.1 cm³/mol. The number of fused-ring (bicyclic) bond motifs is 3. The molecule has 0 atom stereocenters. The van der Waals surface area contributed by atoms with E-state index in [1.165, 1.54) is 4.68 Å². The average Bonchev–Trinajstić information content (AvgIpc) is 3.16. The number of amides is 1. The lowest BCUT2D eigenvalue weighted by molar-refractivity contribution is -0.121. The number of carbonyl (C=O) groups excluding carboxylic acids is 1. The lowest BCUT2D eigenvalue weighted by atomic mass is 10.3. The third-order valence-electron chi connectivity index (χ3n) is 4.03. The number of rotatable bonds is 7. The SMILES string of the molecule is CCCNC(=O)CCCn1nc(CC)n2c(cc3occc32)c1=O. The van der Waals surface area contributed by atoms with Crippen LogP contribution in [0, 0.1) is 0 Å². The zero-order chi connectivity index (χ0) is 17.1. The molecule has 0 aromatic carbocycles. The topological polar surface area (TPSA) is 81.5 Å². The second-order valence-electron chi connectivity index (χ2n) is 5.79. The van der Waals surface area contributed by atoms with Crippen molar-refractivity contribution in [1.29, 1.82) is 0 Å². The van der Waals surface area contributed by atoms with Gasteiger partial charge in [0.05, 0.1) is 11.8 Å². The highest BCUT2D eigenvalue weighted by Crippen LogP contribution is 2.20. The van der Waals surface area contributed by atoms with E-state index >= 15 is 0 Å². The van der Waals surface area contributed by atoms with Crippen LogP contribution in [0.2, 0.25) is 0 Å². The van der Waals surface area contributed by atoms with E-state index in [4.69, 9.17) is 4.42 Å². The Labute approximate surface area is 139 Å². The number of hydrogen-bond acceptors (Lipinski definition) is 4. The Morgan fingerprint density at radius 1 is 1.33 bits per heavy atom. The Kier molecular flexibility index (Phi) is 4.69. The molecule has 0 saturated carbocycles. The van der Waals surface area contributed by atoms with Crippen molar-refractivity contribution in [3.63, 3.8) is 0 Å². The van der Waals surface area contributed by atoms with Gasteiger partial charge in [0, 0.05) is 38.1 Å². The van der Waals surface area contributed by atoms with Crippen molar-refractivity contribution in [2.45, 2.75) is 46.1 Å². The summed E-state index contributed by atoms with van der Waals surface area (Å²) in [6.07, 6.45) is 4.20. The van der Waals surface area contributed by atoms with Gasteiger partial charge in [-0.15, -0.1) is 0 Å². The Bertz CT molecular complexity index is 919. The zero-order valence-corrected chi connectivity index (χ0v) is 14.0. The number of hydrogen-bond donors (Lipinski definition) is 1. The van der Waals surface area contributed by atoms with Crippen LogP contribution >= 0.6 is 0 Å². The van der Waals surface area contributed by atoms with Crippen molar-refractivity contribution >= 4 is 22.5 Å². The second-order valence-corrected chi connectivity index (χ2v) is 5.79. The molecule has 0 radical (unpaired) electrons. The van der Waals surface area contributed by atoms with Gasteiger partial charge < -0.3 is 9.73 Å². The van der Waals surface area contributed by atoms with Crippen molar-refractivity contribution in [3.05, 3.63) is 34.6 Å². The maximum Gasteiger partial charge on any atom is 0.291 e. The molecule has 3 aromatic rings. The van der Waals surface area contributed by atoms with Crippen molar-refractivity contribution in [2.75, 3.05) is 6.54 Å². The highest BCUT2D eigenvalue weighted by molar-refractivity contribution is 5.82. The largest absolute Gasteiger partial charge is 0.463 e. The van der Waals surface area contributed by atoms with Crippen LogP contribution < -0.4 is 10.9 Å². The molecule has 0 spiro atoms. The Hall–Kier alpha value is -2.57. The monoisotopic (exact) mass is 330 g/mol. The molecule has 0 aliphatic carbocycles. The summed E-state index contributed by atoms with van der Waals surface area (Å²) in [5.74, 6) is 0.818. The molecule has 0 fully saturated rings. The molecule has 128 valence electrons. The maximum absolute atomic E-state index is 12.6. The minimum absolute atomic E-state index is 0.0156. The molecule has 24 heavy (non-hydrogen) atoms. The van der Waals surface area contributed by atoms with E-state index in [1.807, 2.05) is 24.3 Å². The van der Waals surface area contributed by atoms with Crippen LogP contribution in [0.4, 0.5) is 0 Å². The van der Waals surface area contributed by atoms with Gasteiger partial charge in [-0.05, 0) is 12.8 Å². The summed E-state index contributed by atoms with van der Waals surface area (Å²) in [7, 11) is 0. The van der Waals surface area contributed by atoms with Crippen molar-refractivity contribution < 1.29 is 9.21 Å². The maximum atomic E-state index is 12.6. The molecule has 3 rings (SSSR count). The molecule has 0 saturated heterocycles. The summed E-state index contributed by atoms with van der Waals surface area (Å²) in [6.45, 7) is 5.13. The Morgan fingerprint density at radius 3 is 2.92 bits per heavy atom. The van der Waals surface area contributed by atoms with Crippen LogP contribution in [-0.4, -0.2) is 26.6 Å². The molecule has 3 aromatic heterocycles. The smallest absolute Gasteiger partial charge is 0.291 e. The minimum atomic E-state index is -0.160. The summed E-state index contributed by atoms with van der Waals surface area (Å²) < 4.78 is 8.71. The molecule has 0 aliphatic heterocycles. The fourth-order valence-electron chi connectivity index (χ4n) is 2.85. The van der Waals surface area contributed by atoms with Gasteiger partial charge in [-0.1, -0.05) is 13.8 Å². The van der Waals surface area contributed by atoms with Gasteiger partial charge in [0.25, 0.3) is 5.56 Å². The van der Waals surface area contributed by atoms with E-state index in [-0.39, 0.29) is 11.5 Å². The van der Waals surface area contributed by atoms with E-state index in [0.29, 0.717) is 43.5 Å². The second kappa shape index (κ2) is 6.90. The predicted octanol–water partition coefficient (Wildman–Crippen LogP) is 2.11. The lowest BCUT2D eigenvalue weighted by Crippen LogP contribution is -2.28. The number of aromatic nitrogens is 3. The van der Waals surface area contributed by atoms with Gasteiger partial charge >= 0.3 is 0 Å². The van der Waals surface area contributed by atoms with Crippen LogP contribution in [0.25, 0.3) is 16.6 Å². The molecular weight excluding hydrogens is 308 g/mol. The van der Waals surface area contributed by atoms with Gasteiger partial charge in [-0.2, -0.15) is 5.10 Å². The molecule has 0 aliphatic rings. The normalized spacial score (nSPS) is 11.4. The van der Waals surface area contributed by atoms with E-state index < -0.39 is 0 Å². The first kappa shape index (κ1) is 16.3. The van der Waals surface area contributed by atoms with E-state index in [1.54, 1.807) is 12.3 Å². The molecule has 7 heteroatoms. The van der Waals surface area contributed by atoms with Crippen molar-refractivity contribution in [3.8, 4) is 0 Å². The van der Waals surface area contributed by atoms with Crippen LogP contribution in [-0.2, 0) is 17.8 Å². The van der Waals surface area contributed by atoms with Crippen LogP contribution in [0.3, 0.4) is 0 Å².